The van der Waals surface area contributed by atoms with E-state index in [2.05, 4.69) is 62.0 Å². The molecule has 4 heterocycles. The fraction of sp³-hybridized carbons (Fsp3) is 0.192. The molecule has 0 bridgehead atoms. The van der Waals surface area contributed by atoms with Crippen LogP contribution in [0.1, 0.15) is 34.7 Å². The number of aromatic nitrogens is 3. The van der Waals surface area contributed by atoms with Gasteiger partial charge in [0.15, 0.2) is 5.11 Å². The van der Waals surface area contributed by atoms with Crippen molar-refractivity contribution in [2.45, 2.75) is 25.6 Å². The van der Waals surface area contributed by atoms with Crippen molar-refractivity contribution in [2.75, 3.05) is 7.11 Å². The van der Waals surface area contributed by atoms with E-state index in [0.29, 0.717) is 11.7 Å². The number of ether oxygens (including phenoxy) is 1. The molecule has 1 aliphatic rings. The summed E-state index contributed by atoms with van der Waals surface area (Å²) in [4.78, 5) is 11.3. The number of benzene rings is 1. The van der Waals surface area contributed by atoms with Crippen molar-refractivity contribution >= 4 is 17.3 Å². The number of nitrogens with zero attached hydrogens (tertiary/aromatic N) is 4. The van der Waals surface area contributed by atoms with Gasteiger partial charge in [-0.05, 0) is 73.2 Å². The van der Waals surface area contributed by atoms with Crippen LogP contribution in [0.3, 0.4) is 0 Å². The quantitative estimate of drug-likeness (QED) is 0.423. The first-order valence-corrected chi connectivity index (χ1v) is 11.3. The molecule has 0 spiro atoms. The van der Waals surface area contributed by atoms with Gasteiger partial charge in [-0.3, -0.25) is 9.97 Å². The third kappa shape index (κ3) is 4.07. The highest BCUT2D eigenvalue weighted by molar-refractivity contribution is 7.80. The van der Waals surface area contributed by atoms with Crippen LogP contribution in [0.25, 0.3) is 5.69 Å². The standard InChI is InChI=1S/C26H25N5OS/c1-18-8-13-23(31(18)20-6-5-14-27-16-20)25-24(22-7-3-4-15-28-22)29-26(33)30(25)17-19-9-11-21(32-2)12-10-19/h3-16,24-25H,17H2,1-2H3,(H,29,33)/t24-,25+/m0/s1. The first-order chi connectivity index (χ1) is 16.2. The number of pyridine rings is 2. The second kappa shape index (κ2) is 9.03. The van der Waals surface area contributed by atoms with Crippen LogP contribution in [0, 0.1) is 6.92 Å². The molecular weight excluding hydrogens is 430 g/mol. The average molecular weight is 456 g/mol. The third-order valence-corrected chi connectivity index (χ3v) is 6.38. The van der Waals surface area contributed by atoms with Crippen molar-refractivity contribution in [2.24, 2.45) is 0 Å². The van der Waals surface area contributed by atoms with Crippen molar-refractivity contribution in [1.29, 1.82) is 0 Å². The van der Waals surface area contributed by atoms with Crippen molar-refractivity contribution < 1.29 is 4.74 Å². The smallest absolute Gasteiger partial charge is 0.170 e. The topological polar surface area (TPSA) is 55.2 Å². The normalized spacial score (nSPS) is 17.8. The van der Waals surface area contributed by atoms with Gasteiger partial charge in [-0.15, -0.1) is 0 Å². The lowest BCUT2D eigenvalue weighted by molar-refractivity contribution is 0.302. The Balaban J connectivity index is 1.60. The largest absolute Gasteiger partial charge is 0.497 e. The lowest BCUT2D eigenvalue weighted by Gasteiger charge is -2.29. The molecule has 166 valence electrons. The van der Waals surface area contributed by atoms with E-state index in [1.807, 2.05) is 48.8 Å². The zero-order valence-corrected chi connectivity index (χ0v) is 19.4. The second-order valence-electron chi connectivity index (χ2n) is 8.05. The minimum Gasteiger partial charge on any atom is -0.497 e. The number of aryl methyl sites for hydroxylation is 1. The third-order valence-electron chi connectivity index (χ3n) is 6.02. The molecule has 5 rings (SSSR count). The van der Waals surface area contributed by atoms with Crippen LogP contribution in [0.15, 0.2) is 85.3 Å². The van der Waals surface area contributed by atoms with Gasteiger partial charge < -0.3 is 19.5 Å². The van der Waals surface area contributed by atoms with Crippen LogP contribution in [0.4, 0.5) is 0 Å². The van der Waals surface area contributed by atoms with Crippen LogP contribution in [-0.2, 0) is 6.54 Å². The van der Waals surface area contributed by atoms with E-state index in [1.54, 1.807) is 13.3 Å². The molecule has 0 aliphatic carbocycles. The van der Waals surface area contributed by atoms with Crippen LogP contribution in [0.2, 0.25) is 0 Å². The first kappa shape index (κ1) is 21.2. The molecule has 1 N–H and O–H groups in total. The predicted molar refractivity (Wildman–Crippen MR) is 132 cm³/mol. The highest BCUT2D eigenvalue weighted by Crippen LogP contribution is 2.41. The molecule has 4 aromatic rings. The summed E-state index contributed by atoms with van der Waals surface area (Å²) in [6, 6.07) is 22.4. The van der Waals surface area contributed by atoms with E-state index in [0.717, 1.165) is 34.1 Å². The van der Waals surface area contributed by atoms with E-state index in [9.17, 15) is 0 Å². The van der Waals surface area contributed by atoms with Gasteiger partial charge in [0.25, 0.3) is 0 Å². The lowest BCUT2D eigenvalue weighted by Crippen LogP contribution is -2.30. The highest BCUT2D eigenvalue weighted by atomic mass is 32.1. The molecule has 3 aromatic heterocycles. The first-order valence-electron chi connectivity index (χ1n) is 10.9. The second-order valence-corrected chi connectivity index (χ2v) is 8.44. The van der Waals surface area contributed by atoms with E-state index in [-0.39, 0.29) is 12.1 Å². The SMILES string of the molecule is COc1ccc(CN2C(=S)N[C@@H](c3ccccn3)[C@H]2c2ccc(C)n2-c2cccnc2)cc1. The fourth-order valence-corrected chi connectivity index (χ4v) is 4.76. The monoisotopic (exact) mass is 455 g/mol. The minimum atomic E-state index is -0.0818. The van der Waals surface area contributed by atoms with E-state index in [4.69, 9.17) is 17.0 Å². The molecule has 2 atom stereocenters. The molecule has 6 nitrogen and oxygen atoms in total. The summed E-state index contributed by atoms with van der Waals surface area (Å²) in [5, 5.41) is 4.25. The minimum absolute atomic E-state index is 0.0524. The van der Waals surface area contributed by atoms with Crippen LogP contribution in [0.5, 0.6) is 5.75 Å². The summed E-state index contributed by atoms with van der Waals surface area (Å²) in [7, 11) is 1.68. The number of nitrogens with one attached hydrogen (secondary N) is 1. The number of hydrogen-bond donors (Lipinski definition) is 1. The Bertz CT molecular complexity index is 1240. The van der Waals surface area contributed by atoms with Gasteiger partial charge in [0.05, 0.1) is 36.8 Å². The summed E-state index contributed by atoms with van der Waals surface area (Å²) in [6.45, 7) is 2.78. The Morgan fingerprint density at radius 2 is 1.85 bits per heavy atom. The van der Waals surface area contributed by atoms with Crippen LogP contribution in [-0.4, -0.2) is 31.7 Å². The number of methoxy groups -OCH3 is 1. The molecule has 0 saturated carbocycles. The van der Waals surface area contributed by atoms with Gasteiger partial charge in [-0.2, -0.15) is 0 Å². The van der Waals surface area contributed by atoms with Crippen molar-refractivity contribution in [3.63, 3.8) is 0 Å². The van der Waals surface area contributed by atoms with Gasteiger partial charge in [-0.25, -0.2) is 0 Å². The van der Waals surface area contributed by atoms with Gasteiger partial charge in [0.2, 0.25) is 0 Å². The Hall–Kier alpha value is -3.71. The highest BCUT2D eigenvalue weighted by Gasteiger charge is 2.41. The molecule has 33 heavy (non-hydrogen) atoms. The molecule has 7 heteroatoms. The van der Waals surface area contributed by atoms with Gasteiger partial charge in [0.1, 0.15) is 5.75 Å². The van der Waals surface area contributed by atoms with Crippen molar-refractivity contribution in [3.05, 3.63) is 108 Å². The zero-order chi connectivity index (χ0) is 22.8. The molecule has 0 radical (unpaired) electrons. The molecule has 0 amide bonds. The van der Waals surface area contributed by atoms with Crippen LogP contribution < -0.4 is 10.1 Å². The number of rotatable bonds is 6. The Morgan fingerprint density at radius 1 is 1.00 bits per heavy atom. The van der Waals surface area contributed by atoms with Crippen LogP contribution >= 0.6 is 12.2 Å². The molecule has 1 saturated heterocycles. The van der Waals surface area contributed by atoms with Gasteiger partial charge >= 0.3 is 0 Å². The van der Waals surface area contributed by atoms with E-state index < -0.39 is 0 Å². The fourth-order valence-electron chi connectivity index (χ4n) is 4.45. The Morgan fingerprint density at radius 3 is 2.55 bits per heavy atom. The maximum atomic E-state index is 5.85. The summed E-state index contributed by atoms with van der Waals surface area (Å²) in [5.74, 6) is 0.838. The van der Waals surface area contributed by atoms with Crippen molar-refractivity contribution in [3.8, 4) is 11.4 Å². The Kier molecular flexibility index (Phi) is 5.79. The molecule has 1 fully saturated rings. The van der Waals surface area contributed by atoms with E-state index in [1.165, 1.54) is 0 Å². The molecule has 0 unspecified atom stereocenters. The van der Waals surface area contributed by atoms with E-state index >= 15 is 0 Å². The van der Waals surface area contributed by atoms with Gasteiger partial charge in [0, 0.05) is 30.3 Å². The molecule has 1 aliphatic heterocycles. The lowest BCUT2D eigenvalue weighted by atomic mass is 10.0. The molecular formula is C26H25N5OS. The summed E-state index contributed by atoms with van der Waals surface area (Å²) in [5.41, 5.74) is 5.41. The van der Waals surface area contributed by atoms with Crippen molar-refractivity contribution in [1.82, 2.24) is 24.8 Å². The summed E-state index contributed by atoms with van der Waals surface area (Å²) in [6.07, 6.45) is 5.51. The summed E-state index contributed by atoms with van der Waals surface area (Å²) >= 11 is 5.85. The average Bonchev–Trinajstić information content (AvgIpc) is 3.40. The Labute approximate surface area is 198 Å². The summed E-state index contributed by atoms with van der Waals surface area (Å²) < 4.78 is 7.58. The van der Waals surface area contributed by atoms with Gasteiger partial charge in [-0.1, -0.05) is 18.2 Å². The maximum Gasteiger partial charge on any atom is 0.170 e. The number of hydrogen-bond acceptors (Lipinski definition) is 4. The predicted octanol–water partition coefficient (Wildman–Crippen LogP) is 4.76. The number of thiocarbonyl (C=S) groups is 1. The zero-order valence-electron chi connectivity index (χ0n) is 18.6. The maximum absolute atomic E-state index is 5.85. The molecule has 1 aromatic carbocycles.